The maximum absolute atomic E-state index is 14.3. The van der Waals surface area contributed by atoms with Gasteiger partial charge in [-0.3, -0.25) is 0 Å². The number of fused-ring (bicyclic) bond motifs is 1. The lowest BCUT2D eigenvalue weighted by Gasteiger charge is -2.23. The van der Waals surface area contributed by atoms with Crippen LogP contribution in [0, 0.1) is 11.6 Å². The highest BCUT2D eigenvalue weighted by atomic mass is 19.1. The van der Waals surface area contributed by atoms with Gasteiger partial charge in [0.2, 0.25) is 5.88 Å². The molecule has 8 heteroatoms. The number of rotatable bonds is 4. The number of aromatic nitrogens is 4. The topological polar surface area (TPSA) is 65.4 Å². The molecule has 124 valence electrons. The van der Waals surface area contributed by atoms with Gasteiger partial charge in [0, 0.05) is 11.6 Å². The molecule has 0 bridgehead atoms. The van der Waals surface area contributed by atoms with Crippen LogP contribution >= 0.6 is 0 Å². The first-order chi connectivity index (χ1) is 11.6. The predicted octanol–water partition coefficient (Wildman–Crippen LogP) is 2.60. The van der Waals surface area contributed by atoms with Crippen molar-refractivity contribution >= 4 is 11.2 Å². The zero-order valence-electron chi connectivity index (χ0n) is 13.0. The molecule has 2 aromatic heterocycles. The van der Waals surface area contributed by atoms with Crippen molar-refractivity contribution in [2.75, 3.05) is 13.7 Å². The number of hydrogen-bond acceptors (Lipinski definition) is 5. The first-order valence-corrected chi connectivity index (χ1v) is 7.38. The highest BCUT2D eigenvalue weighted by Gasteiger charge is 2.54. The van der Waals surface area contributed by atoms with Crippen LogP contribution in [-0.2, 0) is 10.3 Å². The molecule has 0 N–H and O–H groups in total. The Bertz CT molecular complexity index is 924. The normalized spacial score (nSPS) is 21.0. The van der Waals surface area contributed by atoms with E-state index >= 15 is 0 Å². The Balaban J connectivity index is 1.83. The van der Waals surface area contributed by atoms with Crippen LogP contribution in [-0.4, -0.2) is 33.2 Å². The van der Waals surface area contributed by atoms with Crippen LogP contribution in [0.4, 0.5) is 8.78 Å². The van der Waals surface area contributed by atoms with Gasteiger partial charge in [0.05, 0.1) is 26.1 Å². The molecular weight excluding hydrogens is 318 g/mol. The van der Waals surface area contributed by atoms with Crippen molar-refractivity contribution < 1.29 is 18.3 Å². The summed E-state index contributed by atoms with van der Waals surface area (Å²) in [5, 5.41) is 0. The second kappa shape index (κ2) is 5.20. The van der Waals surface area contributed by atoms with Gasteiger partial charge in [0.15, 0.2) is 11.2 Å². The number of epoxide rings is 1. The molecule has 1 saturated heterocycles. The molecule has 4 rings (SSSR count). The van der Waals surface area contributed by atoms with Crippen molar-refractivity contribution in [1.82, 2.24) is 19.5 Å². The van der Waals surface area contributed by atoms with Crippen molar-refractivity contribution in [3.05, 3.63) is 48.1 Å². The summed E-state index contributed by atoms with van der Waals surface area (Å²) >= 11 is 0. The second-order valence-corrected chi connectivity index (χ2v) is 5.69. The van der Waals surface area contributed by atoms with Gasteiger partial charge in [0.1, 0.15) is 23.6 Å². The molecule has 1 aliphatic heterocycles. The van der Waals surface area contributed by atoms with Crippen LogP contribution < -0.4 is 4.74 Å². The first kappa shape index (κ1) is 14.9. The molecule has 2 atom stereocenters. The lowest BCUT2D eigenvalue weighted by atomic mass is 9.92. The van der Waals surface area contributed by atoms with Crippen molar-refractivity contribution in [1.29, 1.82) is 0 Å². The van der Waals surface area contributed by atoms with E-state index < -0.39 is 17.2 Å². The van der Waals surface area contributed by atoms with Gasteiger partial charge in [-0.2, -0.15) is 4.98 Å². The molecule has 0 amide bonds. The lowest BCUT2D eigenvalue weighted by Crippen LogP contribution is -2.24. The summed E-state index contributed by atoms with van der Waals surface area (Å²) in [7, 11) is 1.51. The Labute approximate surface area is 136 Å². The quantitative estimate of drug-likeness (QED) is 0.687. The van der Waals surface area contributed by atoms with Crippen molar-refractivity contribution in [2.24, 2.45) is 0 Å². The SMILES string of the molecule is COc1ncnc2ncn([C@H](C)[C@@]3(c4ccc(F)cc4F)CO3)c12. The molecular formula is C16H14F2N4O2. The highest BCUT2D eigenvalue weighted by Crippen LogP contribution is 2.49. The molecule has 3 aromatic rings. The number of ether oxygens (including phenoxy) is 2. The van der Waals surface area contributed by atoms with Crippen molar-refractivity contribution in [2.45, 2.75) is 18.6 Å². The van der Waals surface area contributed by atoms with E-state index in [1.165, 1.54) is 25.6 Å². The molecule has 0 saturated carbocycles. The molecule has 1 fully saturated rings. The molecule has 0 unspecified atom stereocenters. The fraction of sp³-hybridized carbons (Fsp3) is 0.312. The van der Waals surface area contributed by atoms with E-state index in [0.29, 0.717) is 29.2 Å². The van der Waals surface area contributed by atoms with E-state index in [2.05, 4.69) is 15.0 Å². The molecule has 3 heterocycles. The van der Waals surface area contributed by atoms with Gasteiger partial charge in [-0.15, -0.1) is 0 Å². The van der Waals surface area contributed by atoms with Crippen LogP contribution in [0.3, 0.4) is 0 Å². The van der Waals surface area contributed by atoms with Gasteiger partial charge in [-0.25, -0.2) is 18.7 Å². The fourth-order valence-electron chi connectivity index (χ4n) is 3.05. The van der Waals surface area contributed by atoms with Crippen LogP contribution in [0.15, 0.2) is 30.9 Å². The van der Waals surface area contributed by atoms with Crippen LogP contribution in [0.2, 0.25) is 0 Å². The monoisotopic (exact) mass is 332 g/mol. The Morgan fingerprint density at radius 3 is 2.75 bits per heavy atom. The maximum Gasteiger partial charge on any atom is 0.243 e. The standard InChI is InChI=1S/C16H14F2N4O2/c1-9(16(6-24-16)11-4-3-10(17)5-12(11)18)22-8-21-14-13(22)15(23-2)20-7-19-14/h3-5,7-9H,6H2,1-2H3/t9-,16-/m1/s1. The summed E-state index contributed by atoms with van der Waals surface area (Å²) < 4.78 is 40.2. The summed E-state index contributed by atoms with van der Waals surface area (Å²) in [5.41, 5.74) is 0.509. The van der Waals surface area contributed by atoms with Gasteiger partial charge in [0.25, 0.3) is 0 Å². The molecule has 0 aliphatic carbocycles. The lowest BCUT2D eigenvalue weighted by molar-refractivity contribution is 0.227. The molecule has 6 nitrogen and oxygen atoms in total. The Kier molecular flexibility index (Phi) is 3.24. The summed E-state index contributed by atoms with van der Waals surface area (Å²) in [6, 6.07) is 3.19. The smallest absolute Gasteiger partial charge is 0.243 e. The summed E-state index contributed by atoms with van der Waals surface area (Å²) in [6.07, 6.45) is 2.96. The fourth-order valence-corrected chi connectivity index (χ4v) is 3.05. The average molecular weight is 332 g/mol. The largest absolute Gasteiger partial charge is 0.479 e. The number of hydrogen-bond donors (Lipinski definition) is 0. The minimum absolute atomic E-state index is 0.314. The number of benzene rings is 1. The highest BCUT2D eigenvalue weighted by molar-refractivity contribution is 5.76. The second-order valence-electron chi connectivity index (χ2n) is 5.69. The van der Waals surface area contributed by atoms with Gasteiger partial charge in [-0.1, -0.05) is 6.07 Å². The predicted molar refractivity (Wildman–Crippen MR) is 80.6 cm³/mol. The van der Waals surface area contributed by atoms with E-state index in [1.54, 1.807) is 10.9 Å². The Morgan fingerprint density at radius 2 is 2.08 bits per heavy atom. The molecule has 1 aliphatic rings. The molecule has 0 spiro atoms. The zero-order valence-corrected chi connectivity index (χ0v) is 13.0. The third kappa shape index (κ3) is 2.06. The van der Waals surface area contributed by atoms with E-state index in [0.717, 1.165) is 6.07 Å². The zero-order chi connectivity index (χ0) is 16.9. The summed E-state index contributed by atoms with van der Waals surface area (Å²) in [5.74, 6) is -0.880. The van der Waals surface area contributed by atoms with Crippen LogP contribution in [0.1, 0.15) is 18.5 Å². The minimum atomic E-state index is -0.883. The molecule has 24 heavy (non-hydrogen) atoms. The van der Waals surface area contributed by atoms with Crippen LogP contribution in [0.5, 0.6) is 5.88 Å². The number of imidazole rings is 1. The number of nitrogens with zero attached hydrogens (tertiary/aromatic N) is 4. The first-order valence-electron chi connectivity index (χ1n) is 7.38. The third-order valence-electron chi connectivity index (χ3n) is 4.46. The summed E-state index contributed by atoms with van der Waals surface area (Å²) in [4.78, 5) is 12.4. The average Bonchev–Trinajstić information content (AvgIpc) is 3.26. The molecule has 0 radical (unpaired) electrons. The summed E-state index contributed by atoms with van der Waals surface area (Å²) in [6.45, 7) is 2.20. The maximum atomic E-state index is 14.3. The van der Waals surface area contributed by atoms with E-state index in [4.69, 9.17) is 9.47 Å². The van der Waals surface area contributed by atoms with Crippen molar-refractivity contribution in [3.8, 4) is 5.88 Å². The molecule has 1 aromatic carbocycles. The Morgan fingerprint density at radius 1 is 1.29 bits per heavy atom. The van der Waals surface area contributed by atoms with Crippen molar-refractivity contribution in [3.63, 3.8) is 0 Å². The van der Waals surface area contributed by atoms with E-state index in [-0.39, 0.29) is 6.04 Å². The van der Waals surface area contributed by atoms with Crippen LogP contribution in [0.25, 0.3) is 11.2 Å². The van der Waals surface area contributed by atoms with E-state index in [9.17, 15) is 8.78 Å². The third-order valence-corrected chi connectivity index (χ3v) is 4.46. The van der Waals surface area contributed by atoms with Gasteiger partial charge >= 0.3 is 0 Å². The van der Waals surface area contributed by atoms with E-state index in [1.807, 2.05) is 6.92 Å². The minimum Gasteiger partial charge on any atom is -0.479 e. The number of methoxy groups -OCH3 is 1. The van der Waals surface area contributed by atoms with Gasteiger partial charge in [-0.05, 0) is 13.0 Å². The van der Waals surface area contributed by atoms with Gasteiger partial charge < -0.3 is 14.0 Å². The Hall–Kier alpha value is -2.61. The number of halogens is 2.